The molecule has 0 spiro atoms. The van der Waals surface area contributed by atoms with E-state index in [1.807, 2.05) is 6.07 Å². The number of hydrogen-bond donors (Lipinski definition) is 1. The van der Waals surface area contributed by atoms with E-state index in [1.54, 1.807) is 0 Å². The van der Waals surface area contributed by atoms with Gasteiger partial charge < -0.3 is 19.3 Å². The molecule has 2 bridgehead atoms. The molecule has 2 aliphatic heterocycles. The number of piperidine rings is 1. The summed E-state index contributed by atoms with van der Waals surface area (Å²) in [5.74, 6) is 0.516. The molecule has 2 unspecified atom stereocenters. The van der Waals surface area contributed by atoms with E-state index < -0.39 is 5.97 Å². The highest BCUT2D eigenvalue weighted by molar-refractivity contribution is 7.13. The number of aromatic carboxylic acids is 1. The fourth-order valence-corrected chi connectivity index (χ4v) is 7.11. The maximum Gasteiger partial charge on any atom is 0.356 e. The highest BCUT2D eigenvalue weighted by Gasteiger charge is 2.42. The molecule has 37 heavy (non-hydrogen) atoms. The molecule has 3 fully saturated rings. The lowest BCUT2D eigenvalue weighted by Crippen LogP contribution is -2.45. The van der Waals surface area contributed by atoms with Crippen LogP contribution in [-0.2, 0) is 11.3 Å². The van der Waals surface area contributed by atoms with Gasteiger partial charge in [-0.3, -0.25) is 0 Å². The van der Waals surface area contributed by atoms with Crippen LogP contribution in [0, 0.1) is 6.92 Å². The van der Waals surface area contributed by atoms with Crippen LogP contribution < -0.4 is 4.90 Å². The Kier molecular flexibility index (Phi) is 5.55. The first-order valence-corrected chi connectivity index (χ1v) is 13.9. The lowest BCUT2D eigenvalue weighted by molar-refractivity contribution is 0.0147. The molecular weight excluding hydrogens is 486 g/mol. The number of benzene rings is 2. The second-order valence-electron chi connectivity index (χ2n) is 10.7. The minimum Gasteiger partial charge on any atom is -0.476 e. The van der Waals surface area contributed by atoms with E-state index in [4.69, 9.17) is 9.26 Å². The summed E-state index contributed by atoms with van der Waals surface area (Å²) < 4.78 is 17.6. The van der Waals surface area contributed by atoms with Crippen molar-refractivity contribution in [2.24, 2.45) is 0 Å². The standard InChI is InChI=1S/C29H29N3O4S/c1-16-4-2-3-5-22(16)26-24(28(36-30-26)17-6-7-17)15-35-21-12-18-8-9-19(13-21)32(18)20-10-11-23-25(14-20)37-31-27(23)29(33)34/h2-5,10-11,14,17-19,21H,6-9,12-13,15H2,1H3,(H,33,34)/t18-,19?,21?/m0/s1. The van der Waals surface area contributed by atoms with Gasteiger partial charge in [0.1, 0.15) is 11.5 Å². The number of carboxylic acids is 1. The Bertz CT molecular complexity index is 1480. The first-order valence-electron chi connectivity index (χ1n) is 13.1. The molecule has 190 valence electrons. The van der Waals surface area contributed by atoms with E-state index in [0.29, 0.717) is 24.6 Å². The molecule has 2 saturated heterocycles. The van der Waals surface area contributed by atoms with Gasteiger partial charge in [0.25, 0.3) is 0 Å². The SMILES string of the molecule is Cc1ccccc1-c1noc(C2CC2)c1COC1CC2CC[C@@H](C1)N2c1ccc2c(C(=O)O)nsc2c1. The molecule has 4 heterocycles. The molecule has 4 aromatic rings. The molecule has 1 saturated carbocycles. The van der Waals surface area contributed by atoms with E-state index in [1.165, 1.54) is 17.1 Å². The molecule has 3 atom stereocenters. The summed E-state index contributed by atoms with van der Waals surface area (Å²) in [6.07, 6.45) is 6.81. The van der Waals surface area contributed by atoms with Crippen molar-refractivity contribution in [2.45, 2.75) is 76.2 Å². The molecule has 0 amide bonds. The Morgan fingerprint density at radius 2 is 1.92 bits per heavy atom. The van der Waals surface area contributed by atoms with Crippen LogP contribution in [-0.4, -0.2) is 38.8 Å². The van der Waals surface area contributed by atoms with Gasteiger partial charge in [0.15, 0.2) is 5.69 Å². The molecule has 1 N–H and O–H groups in total. The van der Waals surface area contributed by atoms with Crippen molar-refractivity contribution in [2.75, 3.05) is 4.90 Å². The van der Waals surface area contributed by atoms with Crippen molar-refractivity contribution in [3.63, 3.8) is 0 Å². The van der Waals surface area contributed by atoms with Crippen LogP contribution in [0.15, 0.2) is 47.0 Å². The Balaban J connectivity index is 1.09. The van der Waals surface area contributed by atoms with E-state index >= 15 is 0 Å². The van der Waals surface area contributed by atoms with Crippen molar-refractivity contribution in [3.8, 4) is 11.3 Å². The van der Waals surface area contributed by atoms with Gasteiger partial charge in [0.05, 0.1) is 17.4 Å². The predicted molar refractivity (Wildman–Crippen MR) is 142 cm³/mol. The molecule has 7 nitrogen and oxygen atoms in total. The average Bonchev–Trinajstić information content (AvgIpc) is 3.41. The monoisotopic (exact) mass is 515 g/mol. The first kappa shape index (κ1) is 22.9. The second kappa shape index (κ2) is 8.96. The van der Waals surface area contributed by atoms with Crippen LogP contribution in [0.25, 0.3) is 21.3 Å². The lowest BCUT2D eigenvalue weighted by Gasteiger charge is -2.40. The van der Waals surface area contributed by atoms with Crippen LogP contribution in [0.4, 0.5) is 5.69 Å². The number of aryl methyl sites for hydroxylation is 1. The number of fused-ring (bicyclic) bond motifs is 3. The number of ether oxygens (including phenoxy) is 1. The van der Waals surface area contributed by atoms with Crippen molar-refractivity contribution < 1.29 is 19.2 Å². The number of hydrogen-bond acceptors (Lipinski definition) is 7. The van der Waals surface area contributed by atoms with E-state index in [2.05, 4.69) is 57.8 Å². The van der Waals surface area contributed by atoms with Crippen molar-refractivity contribution >= 4 is 33.3 Å². The molecule has 2 aromatic carbocycles. The quantitative estimate of drug-likeness (QED) is 0.298. The van der Waals surface area contributed by atoms with Gasteiger partial charge in [-0.15, -0.1) is 0 Å². The third-order valence-corrected chi connectivity index (χ3v) is 9.08. The summed E-state index contributed by atoms with van der Waals surface area (Å²) >= 11 is 1.26. The van der Waals surface area contributed by atoms with Crippen LogP contribution in [0.2, 0.25) is 0 Å². The largest absolute Gasteiger partial charge is 0.476 e. The van der Waals surface area contributed by atoms with Crippen molar-refractivity contribution in [1.82, 2.24) is 9.53 Å². The molecular formula is C29H29N3O4S. The van der Waals surface area contributed by atoms with E-state index in [-0.39, 0.29) is 11.8 Å². The first-order chi connectivity index (χ1) is 18.1. The highest BCUT2D eigenvalue weighted by atomic mass is 32.1. The maximum atomic E-state index is 11.4. The van der Waals surface area contributed by atoms with Crippen molar-refractivity contribution in [3.05, 3.63) is 65.0 Å². The van der Waals surface area contributed by atoms with Gasteiger partial charge in [-0.2, -0.15) is 4.37 Å². The maximum absolute atomic E-state index is 11.4. The van der Waals surface area contributed by atoms with Crippen LogP contribution in [0.3, 0.4) is 0 Å². The number of anilines is 1. The van der Waals surface area contributed by atoms with E-state index in [0.717, 1.165) is 76.9 Å². The fraction of sp³-hybridized carbons (Fsp3) is 0.414. The van der Waals surface area contributed by atoms with Gasteiger partial charge in [-0.25, -0.2) is 4.79 Å². The van der Waals surface area contributed by atoms with E-state index in [9.17, 15) is 9.90 Å². The zero-order valence-corrected chi connectivity index (χ0v) is 21.5. The molecule has 7 rings (SSSR count). The summed E-state index contributed by atoms with van der Waals surface area (Å²) in [4.78, 5) is 14.0. The minimum atomic E-state index is -0.972. The predicted octanol–water partition coefficient (Wildman–Crippen LogP) is 6.55. The summed E-state index contributed by atoms with van der Waals surface area (Å²) in [6, 6.07) is 15.3. The smallest absolute Gasteiger partial charge is 0.356 e. The number of aromatic nitrogens is 2. The second-order valence-corrected chi connectivity index (χ2v) is 11.5. The minimum absolute atomic E-state index is 0.144. The topological polar surface area (TPSA) is 88.7 Å². The summed E-state index contributed by atoms with van der Waals surface area (Å²) in [7, 11) is 0. The lowest BCUT2D eigenvalue weighted by atomic mass is 9.98. The Labute approximate surface area is 219 Å². The Hall–Kier alpha value is -3.23. The molecule has 8 heteroatoms. The zero-order chi connectivity index (χ0) is 25.1. The van der Waals surface area contributed by atoms with Gasteiger partial charge in [-0.1, -0.05) is 29.4 Å². The molecule has 1 aliphatic carbocycles. The van der Waals surface area contributed by atoms with Gasteiger partial charge in [0, 0.05) is 40.2 Å². The third-order valence-electron chi connectivity index (χ3n) is 8.28. The summed E-state index contributed by atoms with van der Waals surface area (Å²) in [6.45, 7) is 2.65. The Morgan fingerprint density at radius 1 is 1.14 bits per heavy atom. The van der Waals surface area contributed by atoms with Gasteiger partial charge in [0.2, 0.25) is 0 Å². The number of nitrogens with zero attached hydrogens (tertiary/aromatic N) is 3. The zero-order valence-electron chi connectivity index (χ0n) is 20.7. The molecule has 3 aliphatic rings. The van der Waals surface area contributed by atoms with Gasteiger partial charge in [-0.05, 0) is 80.7 Å². The number of carboxylic acid groups (broad SMARTS) is 1. The number of carbonyl (C=O) groups is 1. The average molecular weight is 516 g/mol. The third kappa shape index (κ3) is 4.03. The fourth-order valence-electron chi connectivity index (χ4n) is 6.30. The van der Waals surface area contributed by atoms with Gasteiger partial charge >= 0.3 is 5.97 Å². The van der Waals surface area contributed by atoms with Crippen molar-refractivity contribution in [1.29, 1.82) is 0 Å². The normalized spacial score (nSPS) is 23.2. The Morgan fingerprint density at radius 3 is 2.65 bits per heavy atom. The number of rotatable bonds is 7. The summed E-state index contributed by atoms with van der Waals surface area (Å²) in [5, 5.41) is 14.6. The molecule has 0 radical (unpaired) electrons. The molecule has 2 aromatic heterocycles. The van der Waals surface area contributed by atoms with Crippen LogP contribution >= 0.6 is 11.5 Å². The highest BCUT2D eigenvalue weighted by Crippen LogP contribution is 2.46. The summed E-state index contributed by atoms with van der Waals surface area (Å²) in [5.41, 5.74) is 5.67. The van der Waals surface area contributed by atoms with Crippen LogP contribution in [0.5, 0.6) is 0 Å². The van der Waals surface area contributed by atoms with Crippen LogP contribution in [0.1, 0.15) is 71.8 Å².